The highest BCUT2D eigenvalue weighted by atomic mass is 16.5. The van der Waals surface area contributed by atoms with Gasteiger partial charge in [0.25, 0.3) is 11.5 Å². The summed E-state index contributed by atoms with van der Waals surface area (Å²) < 4.78 is 5.70. The second kappa shape index (κ2) is 6.45. The van der Waals surface area contributed by atoms with Crippen molar-refractivity contribution >= 4 is 5.91 Å². The first-order valence-electron chi connectivity index (χ1n) is 8.26. The van der Waals surface area contributed by atoms with Crippen LogP contribution in [0, 0.1) is 5.92 Å². The Hall–Kier alpha value is -1.66. The van der Waals surface area contributed by atoms with E-state index in [4.69, 9.17) is 4.74 Å². The first-order valence-corrected chi connectivity index (χ1v) is 8.26. The van der Waals surface area contributed by atoms with Gasteiger partial charge in [0.05, 0.1) is 19.3 Å². The zero-order valence-corrected chi connectivity index (χ0v) is 14.0. The number of nitrogens with one attached hydrogen (secondary N) is 1. The molecule has 1 amide bonds. The van der Waals surface area contributed by atoms with Crippen LogP contribution < -0.4 is 5.56 Å². The lowest BCUT2D eigenvalue weighted by molar-refractivity contribution is 0.0482. The quantitative estimate of drug-likeness (QED) is 0.880. The van der Waals surface area contributed by atoms with Gasteiger partial charge in [0, 0.05) is 31.2 Å². The Kier molecular flexibility index (Phi) is 4.55. The van der Waals surface area contributed by atoms with Gasteiger partial charge < -0.3 is 19.5 Å². The van der Waals surface area contributed by atoms with Gasteiger partial charge in [-0.25, -0.2) is 0 Å². The van der Waals surface area contributed by atoms with Gasteiger partial charge in [-0.05, 0) is 25.1 Å². The Labute approximate surface area is 136 Å². The molecule has 1 aromatic heterocycles. The van der Waals surface area contributed by atoms with Crippen LogP contribution in [0.3, 0.4) is 0 Å². The molecule has 2 saturated heterocycles. The van der Waals surface area contributed by atoms with Crippen LogP contribution in [0.5, 0.6) is 0 Å². The number of nitrogens with zero attached hydrogens (tertiary/aromatic N) is 2. The second-order valence-electron chi connectivity index (χ2n) is 7.05. The maximum atomic E-state index is 12.9. The molecule has 2 bridgehead atoms. The van der Waals surface area contributed by atoms with E-state index in [1.165, 1.54) is 0 Å². The van der Waals surface area contributed by atoms with Crippen LogP contribution in [0.25, 0.3) is 0 Å². The Balaban J connectivity index is 1.89. The highest BCUT2D eigenvalue weighted by Crippen LogP contribution is 2.20. The smallest absolute Gasteiger partial charge is 0.261 e. The number of aromatic amines is 1. The van der Waals surface area contributed by atoms with E-state index in [0.29, 0.717) is 25.7 Å². The van der Waals surface area contributed by atoms with Crippen molar-refractivity contribution in [1.82, 2.24) is 14.8 Å². The lowest BCUT2D eigenvalue weighted by Gasteiger charge is -2.29. The van der Waals surface area contributed by atoms with E-state index in [0.717, 1.165) is 18.8 Å². The maximum absolute atomic E-state index is 12.9. The van der Waals surface area contributed by atoms with E-state index in [9.17, 15) is 9.59 Å². The van der Waals surface area contributed by atoms with Gasteiger partial charge in [0.1, 0.15) is 5.56 Å². The number of likely N-dealkylation sites (N-methyl/N-ethyl adjacent to an activating group) is 1. The van der Waals surface area contributed by atoms with Crippen molar-refractivity contribution < 1.29 is 9.53 Å². The molecule has 1 N–H and O–H groups in total. The normalized spacial score (nSPS) is 25.5. The number of ether oxygens (including phenoxy) is 1. The minimum Gasteiger partial charge on any atom is -0.379 e. The van der Waals surface area contributed by atoms with Gasteiger partial charge in [0.15, 0.2) is 0 Å². The van der Waals surface area contributed by atoms with Crippen LogP contribution in [0.4, 0.5) is 0 Å². The van der Waals surface area contributed by atoms with Crippen molar-refractivity contribution in [2.75, 3.05) is 39.9 Å². The number of carbonyl (C=O) groups excluding carboxylic acids is 1. The van der Waals surface area contributed by atoms with Crippen molar-refractivity contribution in [3.8, 4) is 0 Å². The summed E-state index contributed by atoms with van der Waals surface area (Å²) in [4.78, 5) is 32.2. The zero-order valence-electron chi connectivity index (χ0n) is 14.0. The first-order chi connectivity index (χ1) is 11.0. The number of aromatic nitrogens is 1. The highest BCUT2D eigenvalue weighted by molar-refractivity contribution is 5.94. The lowest BCUT2D eigenvalue weighted by Crippen LogP contribution is -2.47. The molecule has 2 fully saturated rings. The van der Waals surface area contributed by atoms with Crippen molar-refractivity contribution in [3.63, 3.8) is 0 Å². The van der Waals surface area contributed by atoms with Crippen LogP contribution >= 0.6 is 0 Å². The summed E-state index contributed by atoms with van der Waals surface area (Å²) in [5.41, 5.74) is 0.781. The third-order valence-electron chi connectivity index (χ3n) is 4.70. The monoisotopic (exact) mass is 319 g/mol. The Morgan fingerprint density at radius 3 is 2.74 bits per heavy atom. The molecule has 0 saturated carbocycles. The van der Waals surface area contributed by atoms with E-state index in [-0.39, 0.29) is 29.0 Å². The molecule has 2 aliphatic heterocycles. The van der Waals surface area contributed by atoms with Crippen LogP contribution in [0.2, 0.25) is 0 Å². The molecule has 0 radical (unpaired) electrons. The van der Waals surface area contributed by atoms with Gasteiger partial charge in [-0.2, -0.15) is 0 Å². The van der Waals surface area contributed by atoms with Crippen molar-refractivity contribution in [2.45, 2.75) is 25.8 Å². The summed E-state index contributed by atoms with van der Waals surface area (Å²) in [6.07, 6.45) is 0. The second-order valence-corrected chi connectivity index (χ2v) is 7.05. The fourth-order valence-electron chi connectivity index (χ4n) is 3.47. The number of rotatable bonds is 2. The molecule has 2 atom stereocenters. The van der Waals surface area contributed by atoms with Crippen LogP contribution in [-0.2, 0) is 4.74 Å². The van der Waals surface area contributed by atoms with E-state index < -0.39 is 0 Å². The number of amides is 1. The van der Waals surface area contributed by atoms with Crippen LogP contribution in [-0.4, -0.2) is 66.6 Å². The number of fused-ring (bicyclic) bond motifs is 3. The molecule has 3 rings (SSSR count). The molecule has 0 spiro atoms. The molecule has 6 nitrogen and oxygen atoms in total. The minimum atomic E-state index is -0.297. The molecule has 0 aromatic carbocycles. The van der Waals surface area contributed by atoms with E-state index >= 15 is 0 Å². The molecule has 23 heavy (non-hydrogen) atoms. The van der Waals surface area contributed by atoms with E-state index in [2.05, 4.69) is 16.9 Å². The van der Waals surface area contributed by atoms with Crippen LogP contribution in [0.15, 0.2) is 16.9 Å². The Morgan fingerprint density at radius 2 is 2.04 bits per heavy atom. The average Bonchev–Trinajstić information content (AvgIpc) is 2.76. The number of carbonyl (C=O) groups is 1. The fraction of sp³-hybridized carbons (Fsp3) is 0.647. The van der Waals surface area contributed by atoms with Crippen molar-refractivity contribution in [1.29, 1.82) is 0 Å². The molecule has 2 aliphatic rings. The Bertz CT molecular complexity index is 640. The van der Waals surface area contributed by atoms with Crippen molar-refractivity contribution in [2.24, 2.45) is 5.92 Å². The van der Waals surface area contributed by atoms with Crippen LogP contribution in [0.1, 0.15) is 35.8 Å². The summed E-state index contributed by atoms with van der Waals surface area (Å²) in [5, 5.41) is 0. The summed E-state index contributed by atoms with van der Waals surface area (Å²) in [6, 6.07) is 3.51. The molecule has 6 heteroatoms. The Morgan fingerprint density at radius 1 is 1.26 bits per heavy atom. The summed E-state index contributed by atoms with van der Waals surface area (Å²) in [5.74, 6) is 0.342. The van der Waals surface area contributed by atoms with Gasteiger partial charge in [-0.3, -0.25) is 9.59 Å². The predicted octanol–water partition coefficient (Wildman–Crippen LogP) is 0.901. The van der Waals surface area contributed by atoms with E-state index in [1.54, 1.807) is 6.07 Å². The fourth-order valence-corrected chi connectivity index (χ4v) is 3.47. The lowest BCUT2D eigenvalue weighted by atomic mass is 10.1. The molecule has 0 unspecified atom stereocenters. The largest absolute Gasteiger partial charge is 0.379 e. The highest BCUT2D eigenvalue weighted by Gasteiger charge is 2.35. The summed E-state index contributed by atoms with van der Waals surface area (Å²) in [6.45, 7) is 7.59. The molecule has 1 aromatic rings. The number of hydrogen-bond donors (Lipinski definition) is 1. The first kappa shape index (κ1) is 16.2. The standard InChI is InChI=1S/C17H25N3O3/c1-11(2)15-5-4-14(16(21)18-15)17(22)20-7-12-6-19(3)8-13(20)10-23-9-12/h4-5,11-13H,6-10H2,1-3H3,(H,18,21)/t12-,13-/m0/s1. The zero-order chi connectivity index (χ0) is 16.6. The molecular formula is C17H25N3O3. The van der Waals surface area contributed by atoms with Gasteiger partial charge in [0.2, 0.25) is 0 Å². The van der Waals surface area contributed by atoms with Gasteiger partial charge in [-0.1, -0.05) is 13.8 Å². The van der Waals surface area contributed by atoms with Gasteiger partial charge >= 0.3 is 0 Å². The molecular weight excluding hydrogens is 294 g/mol. The minimum absolute atomic E-state index is 0.00387. The van der Waals surface area contributed by atoms with E-state index in [1.807, 2.05) is 24.8 Å². The number of H-pyrrole nitrogens is 1. The van der Waals surface area contributed by atoms with Crippen molar-refractivity contribution in [3.05, 3.63) is 33.7 Å². The predicted molar refractivity (Wildman–Crippen MR) is 87.8 cm³/mol. The third-order valence-corrected chi connectivity index (χ3v) is 4.70. The maximum Gasteiger partial charge on any atom is 0.261 e. The third kappa shape index (κ3) is 3.33. The summed E-state index contributed by atoms with van der Waals surface area (Å²) >= 11 is 0. The SMILES string of the molecule is CC(C)c1ccc(C(=O)N2C[C@H]3COC[C@@H]2CN(C)C3)c(=O)[nH]1. The number of pyridine rings is 1. The average molecular weight is 319 g/mol. The van der Waals surface area contributed by atoms with Gasteiger partial charge in [-0.15, -0.1) is 0 Å². The molecule has 3 heterocycles. The number of hydrogen-bond acceptors (Lipinski definition) is 4. The summed E-state index contributed by atoms with van der Waals surface area (Å²) in [7, 11) is 2.07. The molecule has 0 aliphatic carbocycles. The topological polar surface area (TPSA) is 65.6 Å². The molecule has 126 valence electrons.